The van der Waals surface area contributed by atoms with Gasteiger partial charge in [-0.25, -0.2) is 0 Å². The Bertz CT molecular complexity index is 453. The van der Waals surface area contributed by atoms with Crippen molar-refractivity contribution in [1.29, 1.82) is 0 Å². The summed E-state index contributed by atoms with van der Waals surface area (Å²) >= 11 is 5.78. The Labute approximate surface area is 98.8 Å². The number of benzene rings is 1. The van der Waals surface area contributed by atoms with Gasteiger partial charge in [0, 0.05) is 11.6 Å². The first-order chi connectivity index (χ1) is 7.79. The summed E-state index contributed by atoms with van der Waals surface area (Å²) in [4.78, 5) is 0. The third-order valence-electron chi connectivity index (χ3n) is 2.22. The fourth-order valence-corrected chi connectivity index (χ4v) is 1.46. The molecule has 0 aliphatic rings. The number of ether oxygens (including phenoxy) is 1. The fourth-order valence-electron chi connectivity index (χ4n) is 1.33. The van der Waals surface area contributed by atoms with Gasteiger partial charge < -0.3 is 9.30 Å². The van der Waals surface area contributed by atoms with E-state index in [-0.39, 0.29) is 0 Å². The minimum Gasteiger partial charge on any atom is -0.486 e. The van der Waals surface area contributed by atoms with Gasteiger partial charge in [0.25, 0.3) is 0 Å². The number of aryl methyl sites for hydroxylation is 1. The predicted molar refractivity (Wildman–Crippen MR) is 61.5 cm³/mol. The molecule has 84 valence electrons. The van der Waals surface area contributed by atoms with Crippen molar-refractivity contribution in [2.75, 3.05) is 0 Å². The highest BCUT2D eigenvalue weighted by Crippen LogP contribution is 2.16. The van der Waals surface area contributed by atoms with E-state index in [1.54, 1.807) is 18.5 Å². The summed E-state index contributed by atoms with van der Waals surface area (Å²) in [6, 6.07) is 7.24. The highest BCUT2D eigenvalue weighted by molar-refractivity contribution is 6.30. The van der Waals surface area contributed by atoms with Crippen LogP contribution in [-0.2, 0) is 13.2 Å². The van der Waals surface area contributed by atoms with E-state index in [1.807, 2.05) is 23.6 Å². The zero-order chi connectivity index (χ0) is 11.4. The Morgan fingerprint density at radius 1 is 1.31 bits per heavy atom. The highest BCUT2D eigenvalue weighted by atomic mass is 35.5. The van der Waals surface area contributed by atoms with Crippen LogP contribution in [0.25, 0.3) is 0 Å². The molecule has 0 saturated heterocycles. The fraction of sp³-hybridized carbons (Fsp3) is 0.273. The minimum atomic E-state index is 0.412. The predicted octanol–water partition coefficient (Wildman–Crippen LogP) is 2.53. The normalized spacial score (nSPS) is 10.4. The monoisotopic (exact) mass is 237 g/mol. The first-order valence-electron chi connectivity index (χ1n) is 5.04. The third kappa shape index (κ3) is 2.52. The van der Waals surface area contributed by atoms with Crippen LogP contribution in [0.5, 0.6) is 5.75 Å². The Balaban J connectivity index is 1.99. The Morgan fingerprint density at radius 3 is 2.75 bits per heavy atom. The molecule has 0 spiro atoms. The second-order valence-electron chi connectivity index (χ2n) is 3.28. The van der Waals surface area contributed by atoms with Crippen molar-refractivity contribution in [2.45, 2.75) is 20.1 Å². The first-order valence-corrected chi connectivity index (χ1v) is 5.42. The lowest BCUT2D eigenvalue weighted by Gasteiger charge is -2.06. The van der Waals surface area contributed by atoms with Gasteiger partial charge in [-0.2, -0.15) is 0 Å². The Kier molecular flexibility index (Phi) is 3.41. The summed E-state index contributed by atoms with van der Waals surface area (Å²) in [7, 11) is 0. The Morgan fingerprint density at radius 2 is 2.06 bits per heavy atom. The quantitative estimate of drug-likeness (QED) is 0.821. The Hall–Kier alpha value is -1.55. The smallest absolute Gasteiger partial charge is 0.170 e. The van der Waals surface area contributed by atoms with E-state index in [9.17, 15) is 0 Å². The summed E-state index contributed by atoms with van der Waals surface area (Å²) in [6.45, 7) is 3.29. The van der Waals surface area contributed by atoms with Crippen molar-refractivity contribution in [2.24, 2.45) is 0 Å². The van der Waals surface area contributed by atoms with Crippen LogP contribution >= 0.6 is 11.6 Å². The molecule has 1 heterocycles. The van der Waals surface area contributed by atoms with Crippen LogP contribution < -0.4 is 4.74 Å². The number of rotatable bonds is 4. The van der Waals surface area contributed by atoms with Crippen LogP contribution in [0.2, 0.25) is 5.02 Å². The topological polar surface area (TPSA) is 39.9 Å². The van der Waals surface area contributed by atoms with Crippen molar-refractivity contribution in [3.8, 4) is 5.75 Å². The summed E-state index contributed by atoms with van der Waals surface area (Å²) in [6.07, 6.45) is 1.69. The van der Waals surface area contributed by atoms with Gasteiger partial charge in [0.2, 0.25) is 0 Å². The van der Waals surface area contributed by atoms with Crippen LogP contribution in [0.1, 0.15) is 12.7 Å². The molecule has 4 nitrogen and oxygen atoms in total. The first kappa shape index (κ1) is 11.0. The highest BCUT2D eigenvalue weighted by Gasteiger charge is 2.03. The average molecular weight is 238 g/mol. The van der Waals surface area contributed by atoms with E-state index < -0.39 is 0 Å². The maximum absolute atomic E-state index is 5.78. The van der Waals surface area contributed by atoms with Gasteiger partial charge in [-0.1, -0.05) is 11.6 Å². The molecule has 0 radical (unpaired) electrons. The molecule has 5 heteroatoms. The van der Waals surface area contributed by atoms with Crippen LogP contribution in [-0.4, -0.2) is 14.8 Å². The number of nitrogens with zero attached hydrogens (tertiary/aromatic N) is 3. The lowest BCUT2D eigenvalue weighted by Crippen LogP contribution is -2.05. The van der Waals surface area contributed by atoms with Gasteiger partial charge in [0.05, 0.1) is 0 Å². The molecule has 1 aromatic carbocycles. The molecule has 0 aliphatic heterocycles. The lowest BCUT2D eigenvalue weighted by molar-refractivity contribution is 0.289. The van der Waals surface area contributed by atoms with Gasteiger partial charge in [0.15, 0.2) is 5.82 Å². The van der Waals surface area contributed by atoms with Crippen molar-refractivity contribution >= 4 is 11.6 Å². The number of aromatic nitrogens is 3. The van der Waals surface area contributed by atoms with E-state index in [0.29, 0.717) is 11.6 Å². The summed E-state index contributed by atoms with van der Waals surface area (Å²) in [5, 5.41) is 8.51. The van der Waals surface area contributed by atoms with Crippen molar-refractivity contribution in [1.82, 2.24) is 14.8 Å². The van der Waals surface area contributed by atoms with Gasteiger partial charge >= 0.3 is 0 Å². The molecule has 0 fully saturated rings. The maximum Gasteiger partial charge on any atom is 0.170 e. The maximum atomic E-state index is 5.78. The molecule has 0 N–H and O–H groups in total. The molecule has 2 rings (SSSR count). The molecule has 0 saturated carbocycles. The van der Waals surface area contributed by atoms with E-state index in [4.69, 9.17) is 16.3 Å². The van der Waals surface area contributed by atoms with Gasteiger partial charge in [-0.15, -0.1) is 10.2 Å². The molecular weight excluding hydrogens is 226 g/mol. The SMILES string of the molecule is CCn1cnnc1COc1ccc(Cl)cc1. The van der Waals surface area contributed by atoms with Crippen LogP contribution in [0.3, 0.4) is 0 Å². The zero-order valence-electron chi connectivity index (χ0n) is 8.93. The van der Waals surface area contributed by atoms with E-state index in [0.717, 1.165) is 18.1 Å². The number of hydrogen-bond acceptors (Lipinski definition) is 3. The summed E-state index contributed by atoms with van der Waals surface area (Å²) < 4.78 is 7.51. The van der Waals surface area contributed by atoms with Gasteiger partial charge in [-0.3, -0.25) is 0 Å². The van der Waals surface area contributed by atoms with Crippen molar-refractivity contribution in [3.63, 3.8) is 0 Å². The van der Waals surface area contributed by atoms with Gasteiger partial charge in [0.1, 0.15) is 18.7 Å². The second kappa shape index (κ2) is 4.99. The largest absolute Gasteiger partial charge is 0.486 e. The number of halogens is 1. The van der Waals surface area contributed by atoms with Crippen LogP contribution in [0.15, 0.2) is 30.6 Å². The molecule has 0 unspecified atom stereocenters. The second-order valence-corrected chi connectivity index (χ2v) is 3.71. The lowest BCUT2D eigenvalue weighted by atomic mass is 10.3. The summed E-state index contributed by atoms with van der Waals surface area (Å²) in [5.74, 6) is 1.59. The standard InChI is InChI=1S/C11H12ClN3O/c1-2-15-8-13-14-11(15)7-16-10-5-3-9(12)4-6-10/h3-6,8H,2,7H2,1H3. The molecule has 16 heavy (non-hydrogen) atoms. The third-order valence-corrected chi connectivity index (χ3v) is 2.47. The van der Waals surface area contributed by atoms with Crippen LogP contribution in [0, 0.1) is 0 Å². The molecule has 0 amide bonds. The molecular formula is C11H12ClN3O. The molecule has 1 aromatic heterocycles. The zero-order valence-corrected chi connectivity index (χ0v) is 9.68. The summed E-state index contributed by atoms with van der Waals surface area (Å²) in [5.41, 5.74) is 0. The van der Waals surface area contributed by atoms with Crippen molar-refractivity contribution < 1.29 is 4.74 Å². The molecule has 0 bridgehead atoms. The van der Waals surface area contributed by atoms with Crippen LogP contribution in [0.4, 0.5) is 0 Å². The van der Waals surface area contributed by atoms with Crippen molar-refractivity contribution in [3.05, 3.63) is 41.4 Å². The minimum absolute atomic E-state index is 0.412. The van der Waals surface area contributed by atoms with E-state index in [1.165, 1.54) is 0 Å². The molecule has 0 aliphatic carbocycles. The molecule has 0 atom stereocenters. The average Bonchev–Trinajstić information content (AvgIpc) is 2.76. The van der Waals surface area contributed by atoms with E-state index >= 15 is 0 Å². The number of hydrogen-bond donors (Lipinski definition) is 0. The van der Waals surface area contributed by atoms with Gasteiger partial charge in [-0.05, 0) is 31.2 Å². The molecule has 2 aromatic rings. The van der Waals surface area contributed by atoms with E-state index in [2.05, 4.69) is 10.2 Å².